The third kappa shape index (κ3) is 7.43. The molecule has 2 rings (SSSR count). The second-order valence-corrected chi connectivity index (χ2v) is 7.58. The molecule has 31 heavy (non-hydrogen) atoms. The highest BCUT2D eigenvalue weighted by Crippen LogP contribution is 2.15. The predicted molar refractivity (Wildman–Crippen MR) is 121 cm³/mol. The molecule has 1 aromatic heterocycles. The van der Waals surface area contributed by atoms with Crippen LogP contribution >= 0.6 is 0 Å². The zero-order valence-electron chi connectivity index (χ0n) is 19.2. The van der Waals surface area contributed by atoms with E-state index in [0.717, 1.165) is 18.5 Å². The first-order valence-electron chi connectivity index (χ1n) is 10.8. The number of ether oxygens (including phenoxy) is 2. The van der Waals surface area contributed by atoms with Gasteiger partial charge >= 0.3 is 0 Å². The molecule has 0 saturated carbocycles. The van der Waals surface area contributed by atoms with Crippen molar-refractivity contribution < 1.29 is 19.1 Å². The summed E-state index contributed by atoms with van der Waals surface area (Å²) in [6.45, 7) is 4.31. The Kier molecular flexibility index (Phi) is 10.1. The first-order chi connectivity index (χ1) is 15.0. The number of unbranched alkanes of at least 4 members (excludes halogenated alkanes) is 1. The normalized spacial score (nSPS) is 10.7. The van der Waals surface area contributed by atoms with E-state index in [0.29, 0.717) is 44.0 Å². The molecule has 0 aliphatic carbocycles. The van der Waals surface area contributed by atoms with Crippen LogP contribution in [-0.4, -0.2) is 66.6 Å². The summed E-state index contributed by atoms with van der Waals surface area (Å²) in [6, 6.07) is 11.0. The van der Waals surface area contributed by atoms with Crippen LogP contribution in [0.25, 0.3) is 0 Å². The molecule has 2 aromatic rings. The van der Waals surface area contributed by atoms with Crippen LogP contribution in [0.1, 0.15) is 42.2 Å². The molecular formula is C24H35N3O4. The standard InChI is InChI=1S/C24H35N3O4/c1-5-6-14-26(18-21-11-8-13-25(21)2)23(28)19-27(15-9-16-30-3)24(29)20-10-7-12-22(17-20)31-4/h7-8,10-13,17H,5-6,9,14-16,18-19H2,1-4H3. The van der Waals surface area contributed by atoms with E-state index in [9.17, 15) is 9.59 Å². The third-order valence-corrected chi connectivity index (χ3v) is 5.24. The van der Waals surface area contributed by atoms with Gasteiger partial charge in [0.15, 0.2) is 0 Å². The van der Waals surface area contributed by atoms with E-state index < -0.39 is 0 Å². The maximum absolute atomic E-state index is 13.3. The van der Waals surface area contributed by atoms with Gasteiger partial charge in [-0.15, -0.1) is 0 Å². The highest BCUT2D eigenvalue weighted by molar-refractivity contribution is 5.96. The summed E-state index contributed by atoms with van der Waals surface area (Å²) >= 11 is 0. The zero-order chi connectivity index (χ0) is 22.6. The van der Waals surface area contributed by atoms with E-state index in [1.807, 2.05) is 34.8 Å². The number of amides is 2. The van der Waals surface area contributed by atoms with Crippen molar-refractivity contribution in [2.45, 2.75) is 32.7 Å². The first-order valence-corrected chi connectivity index (χ1v) is 10.8. The fourth-order valence-electron chi connectivity index (χ4n) is 3.35. The Morgan fingerprint density at radius 2 is 1.81 bits per heavy atom. The highest BCUT2D eigenvalue weighted by atomic mass is 16.5. The lowest BCUT2D eigenvalue weighted by atomic mass is 10.1. The minimum absolute atomic E-state index is 0.0356. The molecule has 0 atom stereocenters. The highest BCUT2D eigenvalue weighted by Gasteiger charge is 2.23. The Bertz CT molecular complexity index is 834. The Balaban J connectivity index is 2.17. The van der Waals surface area contributed by atoms with Gasteiger partial charge in [0.2, 0.25) is 5.91 Å². The van der Waals surface area contributed by atoms with E-state index in [2.05, 4.69) is 6.92 Å². The fraction of sp³-hybridized carbons (Fsp3) is 0.500. The fourth-order valence-corrected chi connectivity index (χ4v) is 3.35. The van der Waals surface area contributed by atoms with Crippen molar-refractivity contribution in [2.75, 3.05) is 40.5 Å². The van der Waals surface area contributed by atoms with Gasteiger partial charge in [-0.3, -0.25) is 9.59 Å². The van der Waals surface area contributed by atoms with E-state index in [1.54, 1.807) is 43.4 Å². The molecule has 0 saturated heterocycles. The molecule has 0 aliphatic rings. The topological polar surface area (TPSA) is 64.0 Å². The quantitative estimate of drug-likeness (QED) is 0.458. The van der Waals surface area contributed by atoms with Crippen molar-refractivity contribution in [3.63, 3.8) is 0 Å². The van der Waals surface area contributed by atoms with Gasteiger partial charge in [-0.2, -0.15) is 0 Å². The number of benzene rings is 1. The molecule has 7 heteroatoms. The molecule has 2 amide bonds. The molecule has 0 unspecified atom stereocenters. The van der Waals surface area contributed by atoms with Crippen LogP contribution in [0.15, 0.2) is 42.6 Å². The number of methoxy groups -OCH3 is 2. The SMILES string of the molecule is CCCCN(Cc1cccn1C)C(=O)CN(CCCOC)C(=O)c1cccc(OC)c1. The average Bonchev–Trinajstić information content (AvgIpc) is 3.19. The molecule has 1 aromatic carbocycles. The van der Waals surface area contributed by atoms with Gasteiger partial charge < -0.3 is 23.8 Å². The lowest BCUT2D eigenvalue weighted by molar-refractivity contribution is -0.132. The molecular weight excluding hydrogens is 394 g/mol. The van der Waals surface area contributed by atoms with Crippen LogP contribution < -0.4 is 4.74 Å². The number of aromatic nitrogens is 1. The van der Waals surface area contributed by atoms with E-state index in [4.69, 9.17) is 9.47 Å². The average molecular weight is 430 g/mol. The van der Waals surface area contributed by atoms with Gasteiger partial charge in [0.1, 0.15) is 12.3 Å². The largest absolute Gasteiger partial charge is 0.497 e. The number of aryl methyl sites for hydroxylation is 1. The van der Waals surface area contributed by atoms with E-state index >= 15 is 0 Å². The van der Waals surface area contributed by atoms with Crippen LogP contribution in [0.4, 0.5) is 0 Å². The maximum Gasteiger partial charge on any atom is 0.254 e. The van der Waals surface area contributed by atoms with Crippen molar-refractivity contribution >= 4 is 11.8 Å². The Morgan fingerprint density at radius 3 is 2.45 bits per heavy atom. The van der Waals surface area contributed by atoms with Crippen LogP contribution in [0.3, 0.4) is 0 Å². The van der Waals surface area contributed by atoms with E-state index in [1.165, 1.54) is 0 Å². The number of rotatable bonds is 13. The van der Waals surface area contributed by atoms with Crippen molar-refractivity contribution in [1.82, 2.24) is 14.4 Å². The van der Waals surface area contributed by atoms with Gasteiger partial charge in [-0.05, 0) is 43.2 Å². The molecule has 0 bridgehead atoms. The van der Waals surface area contributed by atoms with Crippen molar-refractivity contribution in [3.05, 3.63) is 53.9 Å². The summed E-state index contributed by atoms with van der Waals surface area (Å²) in [5.74, 6) is 0.378. The van der Waals surface area contributed by atoms with Gasteiger partial charge in [-0.1, -0.05) is 19.4 Å². The molecule has 0 spiro atoms. The van der Waals surface area contributed by atoms with Crippen LogP contribution in [0.2, 0.25) is 0 Å². The zero-order valence-corrected chi connectivity index (χ0v) is 19.2. The second kappa shape index (κ2) is 12.8. The van der Waals surface area contributed by atoms with Crippen molar-refractivity contribution in [2.24, 2.45) is 7.05 Å². The van der Waals surface area contributed by atoms with Crippen molar-refractivity contribution in [1.29, 1.82) is 0 Å². The Labute approximate surface area is 185 Å². The lowest BCUT2D eigenvalue weighted by Gasteiger charge is -2.28. The van der Waals surface area contributed by atoms with Gasteiger partial charge in [-0.25, -0.2) is 0 Å². The van der Waals surface area contributed by atoms with E-state index in [-0.39, 0.29) is 18.4 Å². The Hall–Kier alpha value is -2.80. The number of hydrogen-bond acceptors (Lipinski definition) is 4. The first kappa shape index (κ1) is 24.5. The summed E-state index contributed by atoms with van der Waals surface area (Å²) in [4.78, 5) is 29.9. The number of nitrogens with zero attached hydrogens (tertiary/aromatic N) is 3. The minimum Gasteiger partial charge on any atom is -0.497 e. The number of hydrogen-bond donors (Lipinski definition) is 0. The molecule has 170 valence electrons. The van der Waals surface area contributed by atoms with Gasteiger partial charge in [0.05, 0.1) is 13.7 Å². The number of carbonyl (C=O) groups is 2. The molecule has 0 fully saturated rings. The Morgan fingerprint density at radius 1 is 1.03 bits per heavy atom. The van der Waals surface area contributed by atoms with Crippen LogP contribution in [-0.2, 0) is 23.1 Å². The summed E-state index contributed by atoms with van der Waals surface area (Å²) in [6.07, 6.45) is 4.55. The van der Waals surface area contributed by atoms with Crippen molar-refractivity contribution in [3.8, 4) is 5.75 Å². The summed E-state index contributed by atoms with van der Waals surface area (Å²) in [5, 5.41) is 0. The third-order valence-electron chi connectivity index (χ3n) is 5.24. The molecule has 0 N–H and O–H groups in total. The monoisotopic (exact) mass is 429 g/mol. The molecule has 0 radical (unpaired) electrons. The maximum atomic E-state index is 13.3. The summed E-state index contributed by atoms with van der Waals surface area (Å²) < 4.78 is 12.4. The van der Waals surface area contributed by atoms with Gasteiger partial charge in [0.25, 0.3) is 5.91 Å². The van der Waals surface area contributed by atoms with Crippen LogP contribution in [0, 0.1) is 0 Å². The summed E-state index contributed by atoms with van der Waals surface area (Å²) in [5.41, 5.74) is 1.57. The number of carbonyl (C=O) groups excluding carboxylic acids is 2. The lowest BCUT2D eigenvalue weighted by Crippen LogP contribution is -2.43. The molecule has 1 heterocycles. The smallest absolute Gasteiger partial charge is 0.254 e. The molecule has 0 aliphatic heterocycles. The molecule has 7 nitrogen and oxygen atoms in total. The van der Waals surface area contributed by atoms with Crippen LogP contribution in [0.5, 0.6) is 5.75 Å². The predicted octanol–water partition coefficient (Wildman–Crippen LogP) is 3.34. The minimum atomic E-state index is -0.183. The summed E-state index contributed by atoms with van der Waals surface area (Å²) in [7, 11) is 5.17. The van der Waals surface area contributed by atoms with Gasteiger partial charge in [0, 0.05) is 51.3 Å². The second-order valence-electron chi connectivity index (χ2n) is 7.58.